The maximum Gasteiger partial charge on any atom is 0.407 e. The Labute approximate surface area is 210 Å². The van der Waals surface area contributed by atoms with Crippen LogP contribution in [0.4, 0.5) is 4.79 Å². The SMILES string of the molecule is CSCCC(NC(=O)OCC1c2ccccc2-c2ccccc21)C(=O)NCC1(CC(=O)O)CCC1. The molecule has 1 atom stereocenters. The maximum absolute atomic E-state index is 12.9. The molecule has 4 rings (SSSR count). The van der Waals surface area contributed by atoms with E-state index in [0.717, 1.165) is 41.5 Å². The van der Waals surface area contributed by atoms with E-state index in [0.29, 0.717) is 18.7 Å². The van der Waals surface area contributed by atoms with Gasteiger partial charge in [-0.15, -0.1) is 0 Å². The fourth-order valence-corrected chi connectivity index (χ4v) is 5.57. The molecule has 2 aliphatic carbocycles. The number of nitrogens with one attached hydrogen (secondary N) is 2. The summed E-state index contributed by atoms with van der Waals surface area (Å²) in [6.07, 6.45) is 4.36. The van der Waals surface area contributed by atoms with Crippen LogP contribution in [-0.4, -0.2) is 54.3 Å². The molecule has 0 spiro atoms. The normalized spacial score (nSPS) is 16.4. The van der Waals surface area contributed by atoms with E-state index in [1.807, 2.05) is 30.5 Å². The topological polar surface area (TPSA) is 105 Å². The average molecular weight is 497 g/mol. The third-order valence-electron chi connectivity index (χ3n) is 7.14. The Morgan fingerprint density at radius 1 is 1.09 bits per heavy atom. The van der Waals surface area contributed by atoms with E-state index >= 15 is 0 Å². The molecule has 186 valence electrons. The van der Waals surface area contributed by atoms with Crippen LogP contribution in [0.15, 0.2) is 48.5 Å². The Hall–Kier alpha value is -3.00. The van der Waals surface area contributed by atoms with E-state index in [1.165, 1.54) is 0 Å². The van der Waals surface area contributed by atoms with Crippen molar-refractivity contribution < 1.29 is 24.2 Å². The molecule has 8 heteroatoms. The Morgan fingerprint density at radius 2 is 1.71 bits per heavy atom. The number of carboxylic acid groups (broad SMARTS) is 1. The highest BCUT2D eigenvalue weighted by atomic mass is 32.2. The number of alkyl carbamates (subject to hydrolysis) is 1. The van der Waals surface area contributed by atoms with Gasteiger partial charge in [-0.1, -0.05) is 55.0 Å². The van der Waals surface area contributed by atoms with E-state index in [-0.39, 0.29) is 30.3 Å². The van der Waals surface area contributed by atoms with Crippen molar-refractivity contribution in [3.63, 3.8) is 0 Å². The molecule has 7 nitrogen and oxygen atoms in total. The van der Waals surface area contributed by atoms with Gasteiger partial charge in [0.15, 0.2) is 0 Å². The second-order valence-corrected chi connectivity index (χ2v) is 10.4. The highest BCUT2D eigenvalue weighted by molar-refractivity contribution is 7.98. The number of thioether (sulfide) groups is 1. The van der Waals surface area contributed by atoms with E-state index in [1.54, 1.807) is 11.8 Å². The molecule has 2 amide bonds. The molecule has 1 saturated carbocycles. The summed E-state index contributed by atoms with van der Waals surface area (Å²) < 4.78 is 5.62. The van der Waals surface area contributed by atoms with Crippen molar-refractivity contribution in [1.29, 1.82) is 0 Å². The summed E-state index contributed by atoms with van der Waals surface area (Å²) in [7, 11) is 0. The molecule has 1 unspecified atom stereocenters. The molecule has 1 fully saturated rings. The molecule has 3 N–H and O–H groups in total. The van der Waals surface area contributed by atoms with E-state index < -0.39 is 18.1 Å². The van der Waals surface area contributed by atoms with Crippen molar-refractivity contribution >= 4 is 29.7 Å². The monoisotopic (exact) mass is 496 g/mol. The predicted molar refractivity (Wildman–Crippen MR) is 137 cm³/mol. The summed E-state index contributed by atoms with van der Waals surface area (Å²) in [5, 5.41) is 14.8. The highest BCUT2D eigenvalue weighted by Crippen LogP contribution is 2.45. The number of hydrogen-bond donors (Lipinski definition) is 3. The van der Waals surface area contributed by atoms with Crippen LogP contribution < -0.4 is 10.6 Å². The van der Waals surface area contributed by atoms with Crippen LogP contribution in [0.3, 0.4) is 0 Å². The molecule has 0 saturated heterocycles. The molecular formula is C27H32N2O5S. The molecule has 0 aliphatic heterocycles. The summed E-state index contributed by atoms with van der Waals surface area (Å²) in [5.74, 6) is -0.512. The third-order valence-corrected chi connectivity index (χ3v) is 7.78. The smallest absolute Gasteiger partial charge is 0.407 e. The van der Waals surface area contributed by atoms with E-state index in [4.69, 9.17) is 4.74 Å². The van der Waals surface area contributed by atoms with Crippen LogP contribution in [0.2, 0.25) is 0 Å². The number of amides is 2. The van der Waals surface area contributed by atoms with Gasteiger partial charge in [0, 0.05) is 12.5 Å². The Morgan fingerprint density at radius 3 is 2.26 bits per heavy atom. The second-order valence-electron chi connectivity index (χ2n) is 9.45. The van der Waals surface area contributed by atoms with Gasteiger partial charge in [-0.05, 0) is 58.9 Å². The van der Waals surface area contributed by atoms with Crippen LogP contribution in [-0.2, 0) is 14.3 Å². The molecule has 2 aromatic rings. The van der Waals surface area contributed by atoms with Crippen LogP contribution in [0.5, 0.6) is 0 Å². The van der Waals surface area contributed by atoms with Gasteiger partial charge in [0.25, 0.3) is 0 Å². The van der Waals surface area contributed by atoms with Gasteiger partial charge in [0.1, 0.15) is 12.6 Å². The van der Waals surface area contributed by atoms with E-state index in [2.05, 4.69) is 34.9 Å². The first-order valence-electron chi connectivity index (χ1n) is 12.0. The van der Waals surface area contributed by atoms with Crippen molar-refractivity contribution in [2.45, 2.75) is 44.1 Å². The van der Waals surface area contributed by atoms with Gasteiger partial charge in [0.2, 0.25) is 5.91 Å². The lowest BCUT2D eigenvalue weighted by Gasteiger charge is -2.41. The second kappa shape index (κ2) is 11.2. The van der Waals surface area contributed by atoms with Crippen LogP contribution in [0.25, 0.3) is 11.1 Å². The zero-order valence-corrected chi connectivity index (χ0v) is 20.7. The molecule has 0 heterocycles. The van der Waals surface area contributed by atoms with Gasteiger partial charge >= 0.3 is 12.1 Å². The third kappa shape index (κ3) is 5.81. The average Bonchev–Trinajstić information content (AvgIpc) is 3.15. The minimum atomic E-state index is -0.852. The van der Waals surface area contributed by atoms with Crippen molar-refractivity contribution in [2.24, 2.45) is 5.41 Å². The fraction of sp³-hybridized carbons (Fsp3) is 0.444. The number of carboxylic acids is 1. The number of carbonyl (C=O) groups excluding carboxylic acids is 2. The molecule has 0 bridgehead atoms. The first-order valence-corrected chi connectivity index (χ1v) is 13.4. The summed E-state index contributed by atoms with van der Waals surface area (Å²) in [6.45, 7) is 0.485. The quantitative estimate of drug-likeness (QED) is 0.426. The maximum atomic E-state index is 12.9. The number of hydrogen-bond acceptors (Lipinski definition) is 5. The summed E-state index contributed by atoms with van der Waals surface area (Å²) in [5.41, 5.74) is 4.18. The van der Waals surface area contributed by atoms with Crippen molar-refractivity contribution in [2.75, 3.05) is 25.2 Å². The highest BCUT2D eigenvalue weighted by Gasteiger charge is 2.39. The van der Waals surface area contributed by atoms with Gasteiger partial charge in [-0.25, -0.2) is 4.79 Å². The molecule has 0 aromatic heterocycles. The van der Waals surface area contributed by atoms with Crippen LogP contribution in [0, 0.1) is 5.41 Å². The predicted octanol–water partition coefficient (Wildman–Crippen LogP) is 4.41. The minimum absolute atomic E-state index is 0.0442. The summed E-state index contributed by atoms with van der Waals surface area (Å²) in [6, 6.07) is 15.5. The number of aliphatic carboxylic acids is 1. The van der Waals surface area contributed by atoms with E-state index in [9.17, 15) is 19.5 Å². The largest absolute Gasteiger partial charge is 0.481 e. The number of fused-ring (bicyclic) bond motifs is 3. The molecule has 0 radical (unpaired) electrons. The van der Waals surface area contributed by atoms with Crippen LogP contribution >= 0.6 is 11.8 Å². The standard InChI is InChI=1S/C27H32N2O5S/c1-35-14-11-23(25(32)28-17-27(12-6-13-27)15-24(30)31)29-26(33)34-16-22-20-9-4-2-7-18(20)19-8-3-5-10-21(19)22/h2-5,7-10,22-23H,6,11-17H2,1H3,(H,28,32)(H,29,33)(H,30,31). The number of carbonyl (C=O) groups is 3. The zero-order chi connectivity index (χ0) is 24.8. The van der Waals surface area contributed by atoms with Crippen molar-refractivity contribution in [3.05, 3.63) is 59.7 Å². The van der Waals surface area contributed by atoms with Gasteiger partial charge in [0.05, 0.1) is 6.42 Å². The fourth-order valence-electron chi connectivity index (χ4n) is 5.10. The van der Waals surface area contributed by atoms with Gasteiger partial charge in [-0.3, -0.25) is 9.59 Å². The Bertz CT molecular complexity index is 1040. The van der Waals surface area contributed by atoms with Crippen molar-refractivity contribution in [3.8, 4) is 11.1 Å². The lowest BCUT2D eigenvalue weighted by molar-refractivity contribution is -0.142. The van der Waals surface area contributed by atoms with Crippen LogP contribution in [0.1, 0.15) is 49.1 Å². The zero-order valence-electron chi connectivity index (χ0n) is 19.9. The van der Waals surface area contributed by atoms with Crippen molar-refractivity contribution in [1.82, 2.24) is 10.6 Å². The molecule has 35 heavy (non-hydrogen) atoms. The van der Waals surface area contributed by atoms with Gasteiger partial charge < -0.3 is 20.5 Å². The summed E-state index contributed by atoms with van der Waals surface area (Å²) >= 11 is 1.59. The number of benzene rings is 2. The number of ether oxygens (including phenoxy) is 1. The first kappa shape index (κ1) is 25.1. The molecule has 2 aromatic carbocycles. The minimum Gasteiger partial charge on any atom is -0.481 e. The number of rotatable bonds is 11. The lowest BCUT2D eigenvalue weighted by Crippen LogP contribution is -2.51. The van der Waals surface area contributed by atoms with Gasteiger partial charge in [-0.2, -0.15) is 11.8 Å². The lowest BCUT2D eigenvalue weighted by atomic mass is 9.66. The first-order chi connectivity index (χ1) is 16.9. The summed E-state index contributed by atoms with van der Waals surface area (Å²) in [4.78, 5) is 36.8. The molecule has 2 aliphatic rings. The molecular weight excluding hydrogens is 464 g/mol. The Kier molecular flexibility index (Phi) is 8.00. The Balaban J connectivity index is 1.36.